The maximum absolute atomic E-state index is 14.7. The summed E-state index contributed by atoms with van der Waals surface area (Å²) in [6.45, 7) is 0.992. The van der Waals surface area contributed by atoms with Crippen LogP contribution < -0.4 is 15.5 Å². The minimum Gasteiger partial charge on any atom is -0.492 e. The molecule has 0 saturated heterocycles. The van der Waals surface area contributed by atoms with Gasteiger partial charge in [-0.2, -0.15) is 5.10 Å². The Morgan fingerprint density at radius 2 is 2.24 bits per heavy atom. The molecule has 29 heavy (non-hydrogen) atoms. The average Bonchev–Trinajstić information content (AvgIpc) is 3.47. The van der Waals surface area contributed by atoms with Crippen LogP contribution in [0.3, 0.4) is 0 Å². The summed E-state index contributed by atoms with van der Waals surface area (Å²) < 4.78 is 35.3. The number of halogens is 1. The highest BCUT2D eigenvalue weighted by atomic mass is 32.2. The van der Waals surface area contributed by atoms with E-state index < -0.39 is 11.0 Å². The van der Waals surface area contributed by atoms with Crippen LogP contribution in [-0.4, -0.2) is 39.1 Å². The summed E-state index contributed by atoms with van der Waals surface area (Å²) in [6, 6.07) is 5.22. The first-order valence-corrected chi connectivity index (χ1v) is 10.8. The molecule has 10 heteroatoms. The molecule has 3 atom stereocenters. The molecule has 3 aliphatic rings. The third-order valence-corrected chi connectivity index (χ3v) is 6.81. The van der Waals surface area contributed by atoms with Crippen molar-refractivity contribution in [3.8, 4) is 0 Å². The molecule has 5 rings (SSSR count). The molecule has 1 saturated carbocycles. The van der Waals surface area contributed by atoms with Crippen LogP contribution in [0.2, 0.25) is 0 Å². The first-order chi connectivity index (χ1) is 14.1. The summed E-state index contributed by atoms with van der Waals surface area (Å²) >= 11 is 0. The number of hydrazine groups is 1. The lowest BCUT2D eigenvalue weighted by Gasteiger charge is -2.13. The molecule has 0 spiro atoms. The minimum atomic E-state index is -1.33. The molecule has 2 aliphatic heterocycles. The molecule has 2 aromatic rings. The summed E-state index contributed by atoms with van der Waals surface area (Å²) in [6.07, 6.45) is 5.11. The van der Waals surface area contributed by atoms with Crippen molar-refractivity contribution in [2.45, 2.75) is 42.7 Å². The van der Waals surface area contributed by atoms with Crippen molar-refractivity contribution in [3.05, 3.63) is 47.2 Å². The highest BCUT2D eigenvalue weighted by Crippen LogP contribution is 2.37. The van der Waals surface area contributed by atoms with E-state index in [0.29, 0.717) is 27.9 Å². The van der Waals surface area contributed by atoms with Crippen LogP contribution in [0.5, 0.6) is 0 Å². The van der Waals surface area contributed by atoms with E-state index in [1.807, 2.05) is 24.3 Å². The van der Waals surface area contributed by atoms with Gasteiger partial charge in [0, 0.05) is 36.8 Å². The van der Waals surface area contributed by atoms with Crippen molar-refractivity contribution in [1.82, 2.24) is 25.4 Å². The van der Waals surface area contributed by atoms with Crippen molar-refractivity contribution < 1.29 is 13.3 Å². The van der Waals surface area contributed by atoms with Gasteiger partial charge >= 0.3 is 0 Å². The molecule has 4 N–H and O–H groups in total. The lowest BCUT2D eigenvalue weighted by molar-refractivity contribution is 0.120. The number of anilines is 2. The lowest BCUT2D eigenvalue weighted by atomic mass is 10.0. The molecule has 1 fully saturated rings. The van der Waals surface area contributed by atoms with Crippen LogP contribution in [0.25, 0.3) is 0 Å². The molecule has 1 aromatic carbocycles. The van der Waals surface area contributed by atoms with Gasteiger partial charge in [0.2, 0.25) is 0 Å². The number of fused-ring (bicyclic) bond motifs is 1. The molecule has 3 unspecified atom stereocenters. The maximum atomic E-state index is 14.7. The van der Waals surface area contributed by atoms with Crippen LogP contribution in [0, 0.1) is 5.82 Å². The maximum Gasteiger partial charge on any atom is 0.152 e. The van der Waals surface area contributed by atoms with Gasteiger partial charge in [-0.25, -0.2) is 18.7 Å². The van der Waals surface area contributed by atoms with Gasteiger partial charge in [-0.05, 0) is 31.4 Å². The molecule has 1 aromatic heterocycles. The smallest absolute Gasteiger partial charge is 0.152 e. The Morgan fingerprint density at radius 1 is 1.34 bits per heavy atom. The number of rotatable bonds is 5. The predicted octanol–water partition coefficient (Wildman–Crippen LogP) is 2.36. The monoisotopic (exact) mass is 418 g/mol. The van der Waals surface area contributed by atoms with Crippen LogP contribution >= 0.6 is 0 Å². The van der Waals surface area contributed by atoms with Crippen LogP contribution in [0.1, 0.15) is 36.4 Å². The Morgan fingerprint density at radius 3 is 3.07 bits per heavy atom. The van der Waals surface area contributed by atoms with E-state index >= 15 is 0 Å². The van der Waals surface area contributed by atoms with Gasteiger partial charge in [-0.15, -0.1) is 0 Å². The summed E-state index contributed by atoms with van der Waals surface area (Å²) in [4.78, 5) is 0.506. The molecule has 0 amide bonds. The van der Waals surface area contributed by atoms with Gasteiger partial charge in [0.25, 0.3) is 0 Å². The van der Waals surface area contributed by atoms with Gasteiger partial charge in [0.15, 0.2) is 11.6 Å². The predicted molar refractivity (Wildman–Crippen MR) is 107 cm³/mol. The minimum absolute atomic E-state index is 0.196. The van der Waals surface area contributed by atoms with E-state index in [1.54, 1.807) is 12.1 Å². The first-order valence-electron chi connectivity index (χ1n) is 9.69. The number of hydrogen-bond donors (Lipinski definition) is 4. The van der Waals surface area contributed by atoms with Gasteiger partial charge in [0.1, 0.15) is 16.7 Å². The van der Waals surface area contributed by atoms with E-state index in [9.17, 15) is 8.60 Å². The van der Waals surface area contributed by atoms with Gasteiger partial charge < -0.3 is 15.1 Å². The zero-order chi connectivity index (χ0) is 20.0. The fraction of sp³-hybridized carbons (Fsp3) is 0.421. The summed E-state index contributed by atoms with van der Waals surface area (Å²) in [5, 5.41) is 12.3. The Hall–Kier alpha value is -2.43. The second-order valence-corrected chi connectivity index (χ2v) is 8.88. The number of ether oxygens (including phenoxy) is 1. The van der Waals surface area contributed by atoms with Crippen LogP contribution in [0.4, 0.5) is 15.9 Å². The molecule has 3 heterocycles. The second kappa shape index (κ2) is 7.43. The highest BCUT2D eigenvalue weighted by Gasteiger charge is 2.30. The third kappa shape index (κ3) is 3.63. The highest BCUT2D eigenvalue weighted by molar-refractivity contribution is 7.83. The molecule has 0 radical (unpaired) electrons. The third-order valence-electron chi connectivity index (χ3n) is 5.62. The molecule has 8 nitrogen and oxygen atoms in total. The van der Waals surface area contributed by atoms with Crippen molar-refractivity contribution in [2.75, 3.05) is 18.9 Å². The van der Waals surface area contributed by atoms with Gasteiger partial charge in [0.05, 0.1) is 29.4 Å². The van der Waals surface area contributed by atoms with Gasteiger partial charge in [-0.1, -0.05) is 0 Å². The second-order valence-electron chi connectivity index (χ2n) is 7.62. The van der Waals surface area contributed by atoms with Crippen molar-refractivity contribution in [1.29, 1.82) is 0 Å². The topological polar surface area (TPSA) is 94.3 Å². The number of aromatic amines is 1. The van der Waals surface area contributed by atoms with E-state index in [1.165, 1.54) is 0 Å². The van der Waals surface area contributed by atoms with E-state index in [-0.39, 0.29) is 18.5 Å². The van der Waals surface area contributed by atoms with Crippen LogP contribution in [0.15, 0.2) is 35.1 Å². The molecular weight excluding hydrogens is 395 g/mol. The van der Waals surface area contributed by atoms with Crippen molar-refractivity contribution in [2.24, 2.45) is 0 Å². The normalized spacial score (nSPS) is 25.9. The van der Waals surface area contributed by atoms with E-state index in [2.05, 4.69) is 25.7 Å². The largest absolute Gasteiger partial charge is 0.492 e. The standard InChI is InChI=1S/C19H23FN6O2S/c1-26-10-13(8-21-26)28-12-3-2-11(6-12)16-7-18(25-24-16)23-15-4-5-17-14(19(15)20)9-22-29(17)27/h4-5,7,10-12,21-22H,2-3,6,8-9H2,1H3,(H2,23,24,25). The lowest BCUT2D eigenvalue weighted by Crippen LogP contribution is -2.24. The molecule has 154 valence electrons. The van der Waals surface area contributed by atoms with Crippen molar-refractivity contribution in [3.63, 3.8) is 0 Å². The number of benzene rings is 1. The molecular formula is C19H23FN6O2S. The van der Waals surface area contributed by atoms with E-state index in [4.69, 9.17) is 4.74 Å². The fourth-order valence-electron chi connectivity index (χ4n) is 4.13. The Balaban J connectivity index is 1.24. The quantitative estimate of drug-likeness (QED) is 0.596. The molecule has 0 bridgehead atoms. The Labute approximate surface area is 170 Å². The number of nitrogens with zero attached hydrogens (tertiary/aromatic N) is 2. The van der Waals surface area contributed by atoms with Gasteiger partial charge in [-0.3, -0.25) is 5.10 Å². The van der Waals surface area contributed by atoms with E-state index in [0.717, 1.165) is 37.3 Å². The SMILES string of the molecule is CN1C=C(OC2CCC(c3cc(Nc4ccc5c(c4F)CNS5=O)n[nH]3)C2)CN1. The van der Waals surface area contributed by atoms with Crippen molar-refractivity contribution >= 4 is 22.5 Å². The number of aromatic nitrogens is 2. The fourth-order valence-corrected chi connectivity index (χ4v) is 5.14. The van der Waals surface area contributed by atoms with Crippen LogP contribution in [-0.2, 0) is 22.3 Å². The average molecular weight is 418 g/mol. The zero-order valence-electron chi connectivity index (χ0n) is 16.0. The first kappa shape index (κ1) is 18.6. The number of hydrogen-bond acceptors (Lipinski definition) is 6. The Bertz CT molecular complexity index is 993. The summed E-state index contributed by atoms with van der Waals surface area (Å²) in [5.41, 5.74) is 4.98. The Kier molecular flexibility index (Phi) is 4.76. The number of H-pyrrole nitrogens is 1. The summed E-state index contributed by atoms with van der Waals surface area (Å²) in [5.74, 6) is 1.49. The zero-order valence-corrected chi connectivity index (χ0v) is 16.8. The summed E-state index contributed by atoms with van der Waals surface area (Å²) in [7, 11) is 0.621. The molecule has 1 aliphatic carbocycles. The number of nitrogens with one attached hydrogen (secondary N) is 4.